The van der Waals surface area contributed by atoms with Gasteiger partial charge in [-0.1, -0.05) is 19.9 Å². The highest BCUT2D eigenvalue weighted by molar-refractivity contribution is 5.89. The van der Waals surface area contributed by atoms with Crippen LogP contribution in [0.25, 0.3) is 0 Å². The van der Waals surface area contributed by atoms with Crippen molar-refractivity contribution in [1.82, 2.24) is 0 Å². The molecule has 0 aliphatic heterocycles. The molecule has 2 nitrogen and oxygen atoms in total. The minimum absolute atomic E-state index is 0.268. The van der Waals surface area contributed by atoms with Crippen molar-refractivity contribution in [2.75, 3.05) is 7.11 Å². The Morgan fingerprint density at radius 1 is 1.29 bits per heavy atom. The van der Waals surface area contributed by atoms with Gasteiger partial charge in [-0.3, -0.25) is 0 Å². The van der Waals surface area contributed by atoms with E-state index in [4.69, 9.17) is 0 Å². The molecule has 0 heterocycles. The van der Waals surface area contributed by atoms with Crippen LogP contribution in [0.1, 0.15) is 41.3 Å². The fourth-order valence-corrected chi connectivity index (χ4v) is 1.38. The van der Waals surface area contributed by atoms with Gasteiger partial charge in [-0.05, 0) is 36.1 Å². The van der Waals surface area contributed by atoms with E-state index in [1.54, 1.807) is 0 Å². The molecule has 0 spiro atoms. The molecule has 0 aliphatic rings. The van der Waals surface area contributed by atoms with Crippen LogP contribution >= 0.6 is 0 Å². The number of carbonyl (C=O) groups is 1. The van der Waals surface area contributed by atoms with Gasteiger partial charge in [-0.25, -0.2) is 4.79 Å². The molecular weight excluding hydrogens is 176 g/mol. The summed E-state index contributed by atoms with van der Waals surface area (Å²) in [4.78, 5) is 11.3. The molecule has 14 heavy (non-hydrogen) atoms. The summed E-state index contributed by atoms with van der Waals surface area (Å²) in [6.07, 6.45) is 0. The number of methoxy groups -OCH3 is 1. The van der Waals surface area contributed by atoms with Crippen molar-refractivity contribution in [3.8, 4) is 0 Å². The third kappa shape index (κ3) is 2.34. The van der Waals surface area contributed by atoms with Crippen LogP contribution in [0.3, 0.4) is 0 Å². The van der Waals surface area contributed by atoms with E-state index in [-0.39, 0.29) is 5.97 Å². The number of hydrogen-bond acceptors (Lipinski definition) is 2. The van der Waals surface area contributed by atoms with Crippen molar-refractivity contribution in [3.05, 3.63) is 34.9 Å². The number of esters is 1. The molecule has 0 bridgehead atoms. The second-order valence-electron chi connectivity index (χ2n) is 3.78. The summed E-state index contributed by atoms with van der Waals surface area (Å²) in [6, 6.07) is 5.83. The van der Waals surface area contributed by atoms with Gasteiger partial charge in [0.1, 0.15) is 0 Å². The second kappa shape index (κ2) is 4.27. The SMILES string of the molecule is COC(=O)c1cc(C)cc(C(C)C)c1. The summed E-state index contributed by atoms with van der Waals surface area (Å²) in [5, 5.41) is 0. The Balaban J connectivity index is 3.13. The van der Waals surface area contributed by atoms with E-state index < -0.39 is 0 Å². The third-order valence-corrected chi connectivity index (χ3v) is 2.19. The van der Waals surface area contributed by atoms with Gasteiger partial charge in [0.05, 0.1) is 12.7 Å². The molecule has 0 saturated carbocycles. The predicted molar refractivity (Wildman–Crippen MR) is 56.6 cm³/mol. The van der Waals surface area contributed by atoms with Crippen LogP contribution in [0.15, 0.2) is 18.2 Å². The molecule has 0 aliphatic carbocycles. The second-order valence-corrected chi connectivity index (χ2v) is 3.78. The first-order chi connectivity index (χ1) is 6.54. The average molecular weight is 192 g/mol. The van der Waals surface area contributed by atoms with Crippen LogP contribution in [-0.2, 0) is 4.74 Å². The molecule has 0 unspecified atom stereocenters. The Bertz CT molecular complexity index is 340. The quantitative estimate of drug-likeness (QED) is 0.673. The number of carbonyl (C=O) groups excluding carboxylic acids is 1. The van der Waals surface area contributed by atoms with Gasteiger partial charge < -0.3 is 4.74 Å². The van der Waals surface area contributed by atoms with Gasteiger partial charge in [-0.15, -0.1) is 0 Å². The Labute approximate surface area is 84.9 Å². The lowest BCUT2D eigenvalue weighted by Crippen LogP contribution is -2.03. The zero-order chi connectivity index (χ0) is 10.7. The highest BCUT2D eigenvalue weighted by atomic mass is 16.5. The Morgan fingerprint density at radius 2 is 1.93 bits per heavy atom. The average Bonchev–Trinajstić information content (AvgIpc) is 2.15. The van der Waals surface area contributed by atoms with E-state index in [1.807, 2.05) is 19.1 Å². The molecule has 0 atom stereocenters. The monoisotopic (exact) mass is 192 g/mol. The van der Waals surface area contributed by atoms with Crippen molar-refractivity contribution in [2.45, 2.75) is 26.7 Å². The summed E-state index contributed by atoms with van der Waals surface area (Å²) >= 11 is 0. The standard InChI is InChI=1S/C12H16O2/c1-8(2)10-5-9(3)6-11(7-10)12(13)14-4/h5-8H,1-4H3. The molecule has 0 amide bonds. The van der Waals surface area contributed by atoms with Gasteiger partial charge in [0, 0.05) is 0 Å². The number of rotatable bonds is 2. The number of benzene rings is 1. The molecular formula is C12H16O2. The summed E-state index contributed by atoms with van der Waals surface area (Å²) in [6.45, 7) is 6.20. The van der Waals surface area contributed by atoms with Crippen LogP contribution in [0, 0.1) is 6.92 Å². The summed E-state index contributed by atoms with van der Waals surface area (Å²) < 4.78 is 4.69. The lowest BCUT2D eigenvalue weighted by molar-refractivity contribution is 0.0600. The summed E-state index contributed by atoms with van der Waals surface area (Å²) in [5.74, 6) is 0.161. The van der Waals surface area contributed by atoms with E-state index >= 15 is 0 Å². The fraction of sp³-hybridized carbons (Fsp3) is 0.417. The van der Waals surface area contributed by atoms with E-state index in [9.17, 15) is 4.79 Å². The minimum Gasteiger partial charge on any atom is -0.465 e. The molecule has 1 aromatic rings. The molecule has 76 valence electrons. The predicted octanol–water partition coefficient (Wildman–Crippen LogP) is 2.91. The molecule has 2 heteroatoms. The largest absolute Gasteiger partial charge is 0.465 e. The normalized spacial score (nSPS) is 10.4. The highest BCUT2D eigenvalue weighted by Crippen LogP contribution is 2.18. The first kappa shape index (κ1) is 10.8. The topological polar surface area (TPSA) is 26.3 Å². The number of hydrogen-bond donors (Lipinski definition) is 0. The van der Waals surface area contributed by atoms with Crippen molar-refractivity contribution < 1.29 is 9.53 Å². The van der Waals surface area contributed by atoms with Crippen LogP contribution in [0.4, 0.5) is 0 Å². The van der Waals surface area contributed by atoms with E-state index in [0.29, 0.717) is 11.5 Å². The zero-order valence-electron chi connectivity index (χ0n) is 9.13. The Hall–Kier alpha value is -1.31. The van der Waals surface area contributed by atoms with Crippen LogP contribution in [0.5, 0.6) is 0 Å². The van der Waals surface area contributed by atoms with Gasteiger partial charge in [0.2, 0.25) is 0 Å². The van der Waals surface area contributed by atoms with Crippen LogP contribution in [0.2, 0.25) is 0 Å². The fourth-order valence-electron chi connectivity index (χ4n) is 1.38. The van der Waals surface area contributed by atoms with E-state index in [0.717, 1.165) is 5.56 Å². The Kier molecular flexibility index (Phi) is 3.28. The van der Waals surface area contributed by atoms with Crippen LogP contribution in [-0.4, -0.2) is 13.1 Å². The molecule has 0 saturated heterocycles. The number of ether oxygens (including phenoxy) is 1. The molecule has 0 aromatic heterocycles. The highest BCUT2D eigenvalue weighted by Gasteiger charge is 2.08. The van der Waals surface area contributed by atoms with Gasteiger partial charge in [0.25, 0.3) is 0 Å². The summed E-state index contributed by atoms with van der Waals surface area (Å²) in [7, 11) is 1.40. The van der Waals surface area contributed by atoms with Crippen LogP contribution < -0.4 is 0 Å². The summed E-state index contributed by atoms with van der Waals surface area (Å²) in [5.41, 5.74) is 2.90. The van der Waals surface area contributed by atoms with Crippen molar-refractivity contribution >= 4 is 5.97 Å². The number of aryl methyl sites for hydroxylation is 1. The molecule has 0 radical (unpaired) electrons. The maximum Gasteiger partial charge on any atom is 0.337 e. The van der Waals surface area contributed by atoms with Gasteiger partial charge >= 0.3 is 5.97 Å². The lowest BCUT2D eigenvalue weighted by atomic mass is 9.98. The van der Waals surface area contributed by atoms with Crippen molar-refractivity contribution in [1.29, 1.82) is 0 Å². The smallest absolute Gasteiger partial charge is 0.337 e. The first-order valence-electron chi connectivity index (χ1n) is 4.74. The van der Waals surface area contributed by atoms with E-state index in [1.165, 1.54) is 12.7 Å². The lowest BCUT2D eigenvalue weighted by Gasteiger charge is -2.08. The van der Waals surface area contributed by atoms with Gasteiger partial charge in [0.15, 0.2) is 0 Å². The van der Waals surface area contributed by atoms with Gasteiger partial charge in [-0.2, -0.15) is 0 Å². The third-order valence-electron chi connectivity index (χ3n) is 2.19. The molecule has 0 N–H and O–H groups in total. The maximum absolute atomic E-state index is 11.3. The van der Waals surface area contributed by atoms with Crippen molar-refractivity contribution in [3.63, 3.8) is 0 Å². The zero-order valence-corrected chi connectivity index (χ0v) is 9.13. The maximum atomic E-state index is 11.3. The molecule has 0 fully saturated rings. The molecule has 1 rings (SSSR count). The minimum atomic E-state index is -0.268. The molecule has 1 aromatic carbocycles. The van der Waals surface area contributed by atoms with E-state index in [2.05, 4.69) is 24.7 Å². The Morgan fingerprint density at radius 3 is 2.43 bits per heavy atom. The first-order valence-corrected chi connectivity index (χ1v) is 4.74. The van der Waals surface area contributed by atoms with Crippen molar-refractivity contribution in [2.24, 2.45) is 0 Å².